The third-order valence-corrected chi connectivity index (χ3v) is 5.70. The van der Waals surface area contributed by atoms with Crippen molar-refractivity contribution in [3.8, 4) is 0 Å². The van der Waals surface area contributed by atoms with Crippen LogP contribution in [-0.2, 0) is 6.54 Å². The molecule has 0 fully saturated rings. The van der Waals surface area contributed by atoms with Crippen molar-refractivity contribution in [3.05, 3.63) is 52.7 Å². The number of aryl methyl sites for hydroxylation is 3. The molecule has 2 heterocycles. The van der Waals surface area contributed by atoms with Gasteiger partial charge in [0.15, 0.2) is 5.96 Å². The minimum absolute atomic E-state index is 0.333. The summed E-state index contributed by atoms with van der Waals surface area (Å²) in [5.74, 6) is 0.732. The zero-order valence-electron chi connectivity index (χ0n) is 16.8. The van der Waals surface area contributed by atoms with Gasteiger partial charge in [-0.25, -0.2) is 0 Å². The van der Waals surface area contributed by atoms with Gasteiger partial charge in [-0.05, 0) is 50.8 Å². The maximum absolute atomic E-state index is 10.5. The van der Waals surface area contributed by atoms with Crippen molar-refractivity contribution in [1.82, 2.24) is 20.4 Å². The van der Waals surface area contributed by atoms with Crippen molar-refractivity contribution >= 4 is 27.4 Å². The highest BCUT2D eigenvalue weighted by Gasteiger charge is 2.11. The Hall–Kier alpha value is -2.38. The number of aromatic nitrogens is 2. The molecule has 2 aromatic heterocycles. The number of hydrogen-bond donors (Lipinski definition) is 3. The van der Waals surface area contributed by atoms with Crippen molar-refractivity contribution in [3.63, 3.8) is 0 Å². The number of rotatable bonds is 8. The predicted octanol–water partition coefficient (Wildman–Crippen LogP) is 3.39. The maximum Gasteiger partial charge on any atom is 0.191 e. The van der Waals surface area contributed by atoms with E-state index < -0.39 is 6.10 Å². The SMILES string of the molecule is CCNC(=NCC(O)c1cc2ccccc2s1)NCCCn1nc(C)cc1C. The van der Waals surface area contributed by atoms with Crippen LogP contribution in [0.3, 0.4) is 0 Å². The number of aliphatic hydroxyl groups is 1. The highest BCUT2D eigenvalue weighted by molar-refractivity contribution is 7.19. The van der Waals surface area contributed by atoms with Gasteiger partial charge in [0, 0.05) is 34.9 Å². The maximum atomic E-state index is 10.5. The molecule has 6 nitrogen and oxygen atoms in total. The average molecular weight is 400 g/mol. The number of guanidine groups is 1. The number of nitrogens with one attached hydrogen (secondary N) is 2. The standard InChI is InChI=1S/C21H29N5OS/c1-4-22-21(23-10-7-11-26-16(3)12-15(2)25-26)24-14-18(27)20-13-17-8-5-6-9-19(17)28-20/h5-6,8-9,12-13,18,27H,4,7,10-11,14H2,1-3H3,(H2,22,23,24). The van der Waals surface area contributed by atoms with E-state index in [0.29, 0.717) is 6.54 Å². The van der Waals surface area contributed by atoms with E-state index in [4.69, 9.17) is 0 Å². The number of fused-ring (bicyclic) bond motifs is 1. The fraction of sp³-hybridized carbons (Fsp3) is 0.429. The first-order valence-electron chi connectivity index (χ1n) is 9.76. The molecule has 3 aromatic rings. The first-order valence-corrected chi connectivity index (χ1v) is 10.6. The van der Waals surface area contributed by atoms with Crippen LogP contribution in [-0.4, -0.2) is 40.5 Å². The number of benzene rings is 1. The van der Waals surface area contributed by atoms with Gasteiger partial charge in [0.25, 0.3) is 0 Å². The Balaban J connectivity index is 1.52. The summed E-state index contributed by atoms with van der Waals surface area (Å²) in [6.07, 6.45) is 0.355. The lowest BCUT2D eigenvalue weighted by Gasteiger charge is -2.13. The van der Waals surface area contributed by atoms with Crippen LogP contribution >= 0.6 is 11.3 Å². The van der Waals surface area contributed by atoms with Crippen molar-refractivity contribution in [2.24, 2.45) is 4.99 Å². The molecule has 1 unspecified atom stereocenters. The first-order chi connectivity index (χ1) is 13.6. The van der Waals surface area contributed by atoms with Gasteiger partial charge < -0.3 is 15.7 Å². The van der Waals surface area contributed by atoms with Crippen LogP contribution in [0.25, 0.3) is 10.1 Å². The molecular weight excluding hydrogens is 370 g/mol. The predicted molar refractivity (Wildman–Crippen MR) is 117 cm³/mol. The van der Waals surface area contributed by atoms with Gasteiger partial charge in [0.1, 0.15) is 6.10 Å². The minimum Gasteiger partial charge on any atom is -0.386 e. The van der Waals surface area contributed by atoms with Crippen LogP contribution in [0.15, 0.2) is 41.4 Å². The molecule has 1 atom stereocenters. The second kappa shape index (κ2) is 9.71. The van der Waals surface area contributed by atoms with E-state index in [1.54, 1.807) is 11.3 Å². The Labute approximate surface area is 170 Å². The highest BCUT2D eigenvalue weighted by Crippen LogP contribution is 2.29. The molecule has 150 valence electrons. The fourth-order valence-corrected chi connectivity index (χ4v) is 4.15. The first kappa shape index (κ1) is 20.4. The van der Waals surface area contributed by atoms with Gasteiger partial charge in [-0.3, -0.25) is 9.67 Å². The highest BCUT2D eigenvalue weighted by atomic mass is 32.1. The van der Waals surface area contributed by atoms with Gasteiger partial charge in [-0.2, -0.15) is 5.10 Å². The Bertz CT molecular complexity index is 897. The summed E-state index contributed by atoms with van der Waals surface area (Å²) >= 11 is 1.62. The van der Waals surface area contributed by atoms with Crippen LogP contribution in [0.5, 0.6) is 0 Å². The second-order valence-electron chi connectivity index (χ2n) is 6.85. The third kappa shape index (κ3) is 5.33. The normalized spacial score (nSPS) is 13.1. The fourth-order valence-electron chi connectivity index (χ4n) is 3.11. The summed E-state index contributed by atoms with van der Waals surface area (Å²) in [6.45, 7) is 8.91. The lowest BCUT2D eigenvalue weighted by atomic mass is 10.2. The molecule has 0 bridgehead atoms. The number of aliphatic imine (C=N–C) groups is 1. The number of aliphatic hydroxyl groups excluding tert-OH is 1. The van der Waals surface area contributed by atoms with E-state index in [0.717, 1.165) is 42.6 Å². The van der Waals surface area contributed by atoms with Crippen molar-refractivity contribution in [2.75, 3.05) is 19.6 Å². The molecule has 3 N–H and O–H groups in total. The van der Waals surface area contributed by atoms with Crippen LogP contribution in [0.2, 0.25) is 0 Å². The van der Waals surface area contributed by atoms with Gasteiger partial charge in [-0.1, -0.05) is 18.2 Å². The van der Waals surface area contributed by atoms with Crippen LogP contribution in [0.1, 0.15) is 35.7 Å². The summed E-state index contributed by atoms with van der Waals surface area (Å²) < 4.78 is 3.22. The lowest BCUT2D eigenvalue weighted by Crippen LogP contribution is -2.38. The molecule has 7 heteroatoms. The largest absolute Gasteiger partial charge is 0.386 e. The summed E-state index contributed by atoms with van der Waals surface area (Å²) in [5.41, 5.74) is 2.24. The van der Waals surface area contributed by atoms with E-state index in [1.807, 2.05) is 30.7 Å². The number of nitrogens with zero attached hydrogens (tertiary/aromatic N) is 3. The number of hydrogen-bond acceptors (Lipinski definition) is 4. The molecular formula is C21H29N5OS. The molecule has 0 aliphatic rings. The van der Waals surface area contributed by atoms with E-state index in [-0.39, 0.29) is 0 Å². The molecule has 0 saturated heterocycles. The average Bonchev–Trinajstić information content (AvgIpc) is 3.25. The lowest BCUT2D eigenvalue weighted by molar-refractivity contribution is 0.191. The Kier molecular flexibility index (Phi) is 7.06. The zero-order valence-corrected chi connectivity index (χ0v) is 17.6. The van der Waals surface area contributed by atoms with Crippen LogP contribution < -0.4 is 10.6 Å². The molecule has 28 heavy (non-hydrogen) atoms. The molecule has 0 aliphatic heterocycles. The molecule has 0 radical (unpaired) electrons. The van der Waals surface area contributed by atoms with Gasteiger partial charge in [-0.15, -0.1) is 11.3 Å². The van der Waals surface area contributed by atoms with Crippen LogP contribution in [0, 0.1) is 13.8 Å². The summed E-state index contributed by atoms with van der Waals surface area (Å²) in [4.78, 5) is 5.50. The minimum atomic E-state index is -0.595. The summed E-state index contributed by atoms with van der Waals surface area (Å²) in [5, 5.41) is 22.8. The quantitative estimate of drug-likeness (QED) is 0.308. The molecule has 0 aliphatic carbocycles. The smallest absolute Gasteiger partial charge is 0.191 e. The summed E-state index contributed by atoms with van der Waals surface area (Å²) in [6, 6.07) is 12.3. The monoisotopic (exact) mass is 399 g/mol. The van der Waals surface area contributed by atoms with E-state index in [9.17, 15) is 5.11 Å². The topological polar surface area (TPSA) is 74.5 Å². The van der Waals surface area contributed by atoms with Gasteiger partial charge >= 0.3 is 0 Å². The van der Waals surface area contributed by atoms with E-state index in [2.05, 4.69) is 51.9 Å². The van der Waals surface area contributed by atoms with Crippen molar-refractivity contribution in [2.45, 2.75) is 39.8 Å². The van der Waals surface area contributed by atoms with Crippen molar-refractivity contribution in [1.29, 1.82) is 0 Å². The molecule has 3 rings (SSSR count). The van der Waals surface area contributed by atoms with E-state index in [1.165, 1.54) is 15.8 Å². The van der Waals surface area contributed by atoms with Gasteiger partial charge in [0.05, 0.1) is 12.2 Å². The second-order valence-corrected chi connectivity index (χ2v) is 7.97. The Morgan fingerprint density at radius 3 is 2.79 bits per heavy atom. The molecule has 1 aromatic carbocycles. The van der Waals surface area contributed by atoms with Gasteiger partial charge in [0.2, 0.25) is 0 Å². The third-order valence-electron chi connectivity index (χ3n) is 4.48. The summed E-state index contributed by atoms with van der Waals surface area (Å²) in [7, 11) is 0. The molecule has 0 amide bonds. The van der Waals surface area contributed by atoms with E-state index >= 15 is 0 Å². The van der Waals surface area contributed by atoms with Crippen LogP contribution in [0.4, 0.5) is 0 Å². The Morgan fingerprint density at radius 2 is 2.07 bits per heavy atom. The number of thiophene rings is 1. The molecule has 0 spiro atoms. The zero-order chi connectivity index (χ0) is 19.9. The van der Waals surface area contributed by atoms with Crippen molar-refractivity contribution < 1.29 is 5.11 Å². The molecule has 0 saturated carbocycles. The Morgan fingerprint density at radius 1 is 1.25 bits per heavy atom.